The summed E-state index contributed by atoms with van der Waals surface area (Å²) >= 11 is 7.18. The van der Waals surface area contributed by atoms with Crippen molar-refractivity contribution in [2.24, 2.45) is 5.92 Å². The second-order valence-electron chi connectivity index (χ2n) is 7.31. The molecule has 2 aromatic heterocycles. The van der Waals surface area contributed by atoms with Crippen molar-refractivity contribution in [3.05, 3.63) is 45.2 Å². The highest BCUT2D eigenvalue weighted by Gasteiger charge is 2.38. The maximum absolute atomic E-state index is 12.5. The third-order valence-electron chi connectivity index (χ3n) is 4.94. The fraction of sp³-hybridized carbons (Fsp3) is 0.368. The summed E-state index contributed by atoms with van der Waals surface area (Å²) in [7, 11) is 0. The number of hydrogen-bond donors (Lipinski definition) is 2. The smallest absolute Gasteiger partial charge is 0.416 e. The number of nitrogens with zero attached hydrogens (tertiary/aromatic N) is 3. The zero-order valence-electron chi connectivity index (χ0n) is 16.6. The van der Waals surface area contributed by atoms with Crippen LogP contribution in [-0.2, 0) is 4.74 Å². The van der Waals surface area contributed by atoms with Crippen molar-refractivity contribution >= 4 is 64.7 Å². The van der Waals surface area contributed by atoms with Gasteiger partial charge in [-0.15, -0.1) is 0 Å². The fourth-order valence-corrected chi connectivity index (χ4v) is 4.17. The average molecular weight is 468 g/mol. The van der Waals surface area contributed by atoms with Crippen LogP contribution in [0.3, 0.4) is 0 Å². The Hall–Kier alpha value is -2.30. The lowest BCUT2D eigenvalue weighted by Crippen LogP contribution is -2.37. The van der Waals surface area contributed by atoms with Gasteiger partial charge in [-0.1, -0.05) is 25.4 Å². The highest BCUT2D eigenvalue weighted by molar-refractivity contribution is 7.59. The molecule has 0 aliphatic carbocycles. The average Bonchev–Trinajstić information content (AvgIpc) is 3.27. The Bertz CT molecular complexity index is 1130. The lowest BCUT2D eigenvalue weighted by Gasteiger charge is -2.21. The number of halogens is 1. The van der Waals surface area contributed by atoms with Crippen LogP contribution in [0.4, 0.5) is 15.9 Å². The first-order valence-electron chi connectivity index (χ1n) is 9.22. The zero-order chi connectivity index (χ0) is 20.7. The highest BCUT2D eigenvalue weighted by Crippen LogP contribution is 2.30. The quantitative estimate of drug-likeness (QED) is 0.580. The van der Waals surface area contributed by atoms with E-state index in [0.717, 1.165) is 22.4 Å². The molecule has 30 heavy (non-hydrogen) atoms. The molecular weight excluding hydrogens is 446 g/mol. The largest absolute Gasteiger partial charge is 0.447 e. The molecule has 1 amide bonds. The van der Waals surface area contributed by atoms with Crippen LogP contribution >= 0.6 is 36.6 Å². The predicted molar refractivity (Wildman–Crippen MR) is 124 cm³/mol. The van der Waals surface area contributed by atoms with Gasteiger partial charge < -0.3 is 15.0 Å². The standard InChI is InChI=1S/C19H20ClN5O3S.H2S/c1-9(2)15-8-28-19(27)25(15)18-23-17(24-29-18)21-10(3)13-7-11-6-12(20)4-5-14(11)22-16(13)26;/h4-7,9-10,15H,8H2,1-3H3,(H,21,24)(H,22,26);1H2/t10-,15+;/m0./s1. The zero-order valence-corrected chi connectivity index (χ0v) is 19.2. The summed E-state index contributed by atoms with van der Waals surface area (Å²) in [4.78, 5) is 33.4. The summed E-state index contributed by atoms with van der Waals surface area (Å²) in [6.07, 6.45) is -0.415. The Morgan fingerprint density at radius 2 is 2.07 bits per heavy atom. The minimum absolute atomic E-state index is 0. The first-order chi connectivity index (χ1) is 13.8. The summed E-state index contributed by atoms with van der Waals surface area (Å²) in [5.41, 5.74) is 1.06. The number of carbonyl (C=O) groups excluding carboxylic acids is 1. The minimum atomic E-state index is -0.415. The van der Waals surface area contributed by atoms with E-state index in [4.69, 9.17) is 16.3 Å². The topological polar surface area (TPSA) is 100 Å². The van der Waals surface area contributed by atoms with Gasteiger partial charge in [0.1, 0.15) is 6.61 Å². The number of amides is 1. The number of H-pyrrole nitrogens is 1. The van der Waals surface area contributed by atoms with Crippen molar-refractivity contribution in [1.82, 2.24) is 14.3 Å². The van der Waals surface area contributed by atoms with Gasteiger partial charge in [0.15, 0.2) is 0 Å². The number of rotatable bonds is 5. The number of carbonyl (C=O) groups is 1. The van der Waals surface area contributed by atoms with Gasteiger partial charge in [-0.2, -0.15) is 22.9 Å². The van der Waals surface area contributed by atoms with Gasteiger partial charge in [0.2, 0.25) is 11.1 Å². The SMILES string of the molecule is CC(C)[C@H]1COC(=O)N1c1nc(N[C@@H](C)c2cc3cc(Cl)ccc3[nH]c2=O)ns1.S. The van der Waals surface area contributed by atoms with E-state index >= 15 is 0 Å². The monoisotopic (exact) mass is 467 g/mol. The molecule has 0 radical (unpaired) electrons. The summed E-state index contributed by atoms with van der Waals surface area (Å²) in [6.45, 7) is 6.24. The molecule has 3 heterocycles. The third-order valence-corrected chi connectivity index (χ3v) is 5.89. The van der Waals surface area contributed by atoms with Crippen molar-refractivity contribution in [2.75, 3.05) is 16.8 Å². The molecule has 1 aromatic carbocycles. The van der Waals surface area contributed by atoms with E-state index < -0.39 is 6.09 Å². The Morgan fingerprint density at radius 3 is 2.80 bits per heavy atom. The molecule has 2 N–H and O–H groups in total. The molecule has 2 atom stereocenters. The number of cyclic esters (lactones) is 1. The molecule has 1 fully saturated rings. The maximum atomic E-state index is 12.5. The van der Waals surface area contributed by atoms with Gasteiger partial charge in [0.05, 0.1) is 12.1 Å². The van der Waals surface area contributed by atoms with E-state index in [0.29, 0.717) is 28.3 Å². The minimum Gasteiger partial charge on any atom is -0.447 e. The van der Waals surface area contributed by atoms with E-state index in [1.54, 1.807) is 29.2 Å². The number of nitrogens with one attached hydrogen (secondary N) is 2. The second-order valence-corrected chi connectivity index (χ2v) is 8.48. The van der Waals surface area contributed by atoms with Crippen molar-refractivity contribution < 1.29 is 9.53 Å². The van der Waals surface area contributed by atoms with Gasteiger partial charge in [-0.25, -0.2) is 9.69 Å². The fourth-order valence-electron chi connectivity index (χ4n) is 3.31. The normalized spacial score (nSPS) is 17.2. The van der Waals surface area contributed by atoms with Crippen LogP contribution in [-0.4, -0.2) is 33.1 Å². The molecule has 3 aromatic rings. The number of pyridine rings is 1. The molecule has 1 aliphatic heterocycles. The van der Waals surface area contributed by atoms with Crippen LogP contribution in [0.2, 0.25) is 5.02 Å². The number of fused-ring (bicyclic) bond motifs is 1. The molecule has 11 heteroatoms. The van der Waals surface area contributed by atoms with Crippen LogP contribution in [0.15, 0.2) is 29.1 Å². The van der Waals surface area contributed by atoms with E-state index in [1.165, 1.54) is 0 Å². The van der Waals surface area contributed by atoms with Gasteiger partial charge in [0, 0.05) is 33.0 Å². The molecule has 0 unspecified atom stereocenters. The lowest BCUT2D eigenvalue weighted by atomic mass is 10.1. The number of ether oxygens (including phenoxy) is 1. The predicted octanol–water partition coefficient (Wildman–Crippen LogP) is 4.30. The van der Waals surface area contributed by atoms with Crippen molar-refractivity contribution in [1.29, 1.82) is 0 Å². The molecule has 0 saturated carbocycles. The number of anilines is 2. The number of aromatic nitrogens is 3. The molecule has 160 valence electrons. The van der Waals surface area contributed by atoms with E-state index in [-0.39, 0.29) is 37.1 Å². The Morgan fingerprint density at radius 1 is 1.30 bits per heavy atom. The van der Waals surface area contributed by atoms with Gasteiger partial charge in [0.25, 0.3) is 5.56 Å². The Balaban J connectivity index is 0.00000256. The molecule has 1 aliphatic rings. The highest BCUT2D eigenvalue weighted by atomic mass is 35.5. The van der Waals surface area contributed by atoms with Gasteiger partial charge in [-0.05, 0) is 37.1 Å². The molecule has 4 rings (SSSR count). The first-order valence-corrected chi connectivity index (χ1v) is 10.4. The summed E-state index contributed by atoms with van der Waals surface area (Å²) in [5.74, 6) is 0.578. The summed E-state index contributed by atoms with van der Waals surface area (Å²) < 4.78 is 9.47. The van der Waals surface area contributed by atoms with Crippen LogP contribution in [0.5, 0.6) is 0 Å². The van der Waals surface area contributed by atoms with Crippen molar-refractivity contribution in [3.8, 4) is 0 Å². The van der Waals surface area contributed by atoms with Crippen molar-refractivity contribution in [2.45, 2.75) is 32.9 Å². The van der Waals surface area contributed by atoms with Crippen LogP contribution in [0, 0.1) is 5.92 Å². The maximum Gasteiger partial charge on any atom is 0.416 e. The molecular formula is C19H22ClN5O3S2. The molecule has 8 nitrogen and oxygen atoms in total. The van der Waals surface area contributed by atoms with Gasteiger partial charge >= 0.3 is 6.09 Å². The van der Waals surface area contributed by atoms with E-state index in [2.05, 4.69) is 19.7 Å². The molecule has 0 spiro atoms. The number of aromatic amines is 1. The third kappa shape index (κ3) is 4.26. The first kappa shape index (κ1) is 22.4. The Labute approximate surface area is 189 Å². The van der Waals surface area contributed by atoms with E-state index in [9.17, 15) is 9.59 Å². The number of benzene rings is 1. The van der Waals surface area contributed by atoms with Crippen LogP contribution in [0.25, 0.3) is 10.9 Å². The lowest BCUT2D eigenvalue weighted by molar-refractivity contribution is 0.177. The van der Waals surface area contributed by atoms with Crippen molar-refractivity contribution in [3.63, 3.8) is 0 Å². The summed E-state index contributed by atoms with van der Waals surface area (Å²) in [6, 6.07) is 6.68. The summed E-state index contributed by atoms with van der Waals surface area (Å²) in [5, 5.41) is 5.05. The second kappa shape index (κ2) is 8.83. The molecule has 1 saturated heterocycles. The molecule has 0 bridgehead atoms. The van der Waals surface area contributed by atoms with Crippen LogP contribution in [0.1, 0.15) is 32.4 Å². The number of hydrogen-bond acceptors (Lipinski definition) is 7. The van der Waals surface area contributed by atoms with Gasteiger partial charge in [-0.3, -0.25) is 4.79 Å². The Kier molecular flexibility index (Phi) is 6.59. The van der Waals surface area contributed by atoms with E-state index in [1.807, 2.05) is 20.8 Å². The van der Waals surface area contributed by atoms with Crippen LogP contribution < -0.4 is 15.8 Å².